The summed E-state index contributed by atoms with van der Waals surface area (Å²) in [6.07, 6.45) is 1.56. The molecule has 0 aromatic heterocycles. The van der Waals surface area contributed by atoms with Crippen LogP contribution in [0.4, 0.5) is 0 Å². The molecule has 5 rings (SSSR count). The highest BCUT2D eigenvalue weighted by atomic mass is 16.6. The molecule has 8 atom stereocenters. The molecule has 0 aliphatic heterocycles. The molecule has 1 spiro atoms. The number of methoxy groups -OCH3 is 1. The Morgan fingerprint density at radius 3 is 2.41 bits per heavy atom. The van der Waals surface area contributed by atoms with E-state index in [9.17, 15) is 29.7 Å². The van der Waals surface area contributed by atoms with E-state index in [0.717, 1.165) is 0 Å². The zero-order valence-corrected chi connectivity index (χ0v) is 20.3. The van der Waals surface area contributed by atoms with E-state index in [2.05, 4.69) is 13.8 Å². The highest BCUT2D eigenvalue weighted by molar-refractivity contribution is 6.03. The topological polar surface area (TPSA) is 130 Å². The number of ether oxygens (including phenoxy) is 2. The van der Waals surface area contributed by atoms with Crippen molar-refractivity contribution in [2.75, 3.05) is 13.7 Å². The van der Waals surface area contributed by atoms with Gasteiger partial charge in [-0.1, -0.05) is 32.9 Å². The third kappa shape index (κ3) is 2.57. The van der Waals surface area contributed by atoms with Crippen LogP contribution in [-0.4, -0.2) is 64.6 Å². The van der Waals surface area contributed by atoms with Gasteiger partial charge in [-0.25, -0.2) is 0 Å². The molecule has 2 bridgehead atoms. The average Bonchev–Trinajstić information content (AvgIpc) is 3.68. The molecule has 8 nitrogen and oxygen atoms in total. The van der Waals surface area contributed by atoms with Crippen molar-refractivity contribution >= 4 is 17.7 Å². The Balaban J connectivity index is 1.62. The molecular formula is C26H34O8. The first-order chi connectivity index (χ1) is 15.8. The lowest BCUT2D eigenvalue weighted by Crippen LogP contribution is -2.66. The molecule has 0 saturated heterocycles. The highest BCUT2D eigenvalue weighted by Crippen LogP contribution is 2.71. The quantitative estimate of drug-likeness (QED) is 0.316. The van der Waals surface area contributed by atoms with E-state index in [-0.39, 0.29) is 47.4 Å². The smallest absolute Gasteiger partial charge is 0.324 e. The number of esters is 2. The van der Waals surface area contributed by atoms with Gasteiger partial charge in [0.05, 0.1) is 19.1 Å². The number of Topliss-reactive ketones (excluding diaryl/α,β-unsaturated/α-hetero) is 1. The summed E-state index contributed by atoms with van der Waals surface area (Å²) in [7, 11) is 1.20. The van der Waals surface area contributed by atoms with Crippen LogP contribution in [0, 0.1) is 39.9 Å². The molecule has 8 heteroatoms. The minimum absolute atomic E-state index is 0.0438. The maximum absolute atomic E-state index is 14.3. The number of aliphatic hydroxyl groups is 3. The molecule has 0 aromatic rings. The van der Waals surface area contributed by atoms with Crippen molar-refractivity contribution < 1.29 is 39.2 Å². The van der Waals surface area contributed by atoms with Crippen molar-refractivity contribution in [3.8, 4) is 0 Å². The van der Waals surface area contributed by atoms with E-state index >= 15 is 0 Å². The highest BCUT2D eigenvalue weighted by Gasteiger charge is 2.77. The predicted octanol–water partition coefficient (Wildman–Crippen LogP) is 1.32. The van der Waals surface area contributed by atoms with Gasteiger partial charge in [0.2, 0.25) is 0 Å². The van der Waals surface area contributed by atoms with Crippen LogP contribution in [0.2, 0.25) is 0 Å². The maximum Gasteiger partial charge on any atom is 0.324 e. The van der Waals surface area contributed by atoms with Crippen molar-refractivity contribution in [3.05, 3.63) is 23.3 Å². The van der Waals surface area contributed by atoms with E-state index < -0.39 is 53.1 Å². The van der Waals surface area contributed by atoms with E-state index in [0.29, 0.717) is 12.0 Å². The first-order valence-electron chi connectivity index (χ1n) is 12.1. The number of carbonyl (C=O) groups excluding carboxylic acids is 3. The molecule has 5 aliphatic rings. The summed E-state index contributed by atoms with van der Waals surface area (Å²) in [4.78, 5) is 39.7. The third-order valence-corrected chi connectivity index (χ3v) is 9.84. The SMILES string of the molecule is COC(=O)C1(C(=O)O[C@H]2C(C)=C[C@]34C(=O)[C@@H](C=C(CO)[C@@H](O)[C@]23O)[C@H]2[C@@H](C[C@H]4C)C2(C)C)CC1. The van der Waals surface area contributed by atoms with Gasteiger partial charge >= 0.3 is 11.9 Å². The zero-order valence-electron chi connectivity index (χ0n) is 20.3. The van der Waals surface area contributed by atoms with Gasteiger partial charge in [-0.15, -0.1) is 0 Å². The molecule has 0 unspecified atom stereocenters. The number of aliphatic hydroxyl groups excluding tert-OH is 2. The van der Waals surface area contributed by atoms with Crippen molar-refractivity contribution in [1.29, 1.82) is 0 Å². The van der Waals surface area contributed by atoms with Crippen LogP contribution >= 0.6 is 0 Å². The van der Waals surface area contributed by atoms with Crippen LogP contribution < -0.4 is 0 Å². The number of hydrogen-bond acceptors (Lipinski definition) is 8. The number of rotatable bonds is 4. The molecule has 3 fully saturated rings. The summed E-state index contributed by atoms with van der Waals surface area (Å²) in [5.41, 5.74) is -4.59. The standard InChI is InChI=1S/C26H34O8/c1-12-10-25-13(2)8-16-17(23(16,3)4)15(19(25)29)9-14(11-27)18(28)26(25,32)20(12)34-22(31)24(6-7-24)21(30)33-5/h9-10,13,15-18,20,27-28,32H,6-8,11H2,1-5H3/t13-,15+,16-,17+,18-,20+,25+,26+/m1/s1. The first kappa shape index (κ1) is 23.7. The number of fused-ring (bicyclic) bond motifs is 3. The first-order valence-corrected chi connectivity index (χ1v) is 12.1. The van der Waals surface area contributed by atoms with E-state index in [1.54, 1.807) is 19.1 Å². The second-order valence-electron chi connectivity index (χ2n) is 11.7. The van der Waals surface area contributed by atoms with E-state index in [4.69, 9.17) is 9.47 Å². The number of ketones is 1. The van der Waals surface area contributed by atoms with Gasteiger partial charge in [0.25, 0.3) is 0 Å². The summed E-state index contributed by atoms with van der Waals surface area (Å²) < 4.78 is 10.6. The van der Waals surface area contributed by atoms with Crippen molar-refractivity contribution in [3.63, 3.8) is 0 Å². The molecule has 0 radical (unpaired) electrons. The van der Waals surface area contributed by atoms with Gasteiger partial charge < -0.3 is 24.8 Å². The summed E-state index contributed by atoms with van der Waals surface area (Å²) in [6.45, 7) is 7.28. The Labute approximate surface area is 199 Å². The number of hydrogen-bond donors (Lipinski definition) is 3. The molecule has 3 N–H and O–H groups in total. The lowest BCUT2D eigenvalue weighted by atomic mass is 9.59. The molecule has 3 saturated carbocycles. The Morgan fingerprint density at radius 1 is 1.21 bits per heavy atom. The van der Waals surface area contributed by atoms with Crippen molar-refractivity contribution in [2.45, 2.75) is 64.8 Å². The normalized spacial score (nSPS) is 45.0. The van der Waals surface area contributed by atoms with E-state index in [1.807, 2.05) is 6.92 Å². The molecular weight excluding hydrogens is 440 g/mol. The zero-order chi connectivity index (χ0) is 25.0. The summed E-state index contributed by atoms with van der Waals surface area (Å²) in [6, 6.07) is 0. The van der Waals surface area contributed by atoms with Gasteiger partial charge in [0.15, 0.2) is 22.9 Å². The average molecular weight is 475 g/mol. The Hall–Kier alpha value is -2.03. The van der Waals surface area contributed by atoms with Gasteiger partial charge in [-0.05, 0) is 60.5 Å². The Kier molecular flexibility index (Phi) is 4.89. The second kappa shape index (κ2) is 7.02. The number of carbonyl (C=O) groups is 3. The summed E-state index contributed by atoms with van der Waals surface area (Å²) >= 11 is 0. The minimum atomic E-state index is -2.21. The lowest BCUT2D eigenvalue weighted by molar-refractivity contribution is -0.207. The van der Waals surface area contributed by atoms with Crippen LogP contribution in [0.5, 0.6) is 0 Å². The fraction of sp³-hybridized carbons (Fsp3) is 0.731. The van der Waals surface area contributed by atoms with Crippen LogP contribution in [0.3, 0.4) is 0 Å². The fourth-order valence-electron chi connectivity index (χ4n) is 7.63. The largest absolute Gasteiger partial charge is 0.468 e. The maximum atomic E-state index is 14.3. The molecule has 34 heavy (non-hydrogen) atoms. The Morgan fingerprint density at radius 2 is 1.85 bits per heavy atom. The van der Waals surface area contributed by atoms with E-state index in [1.165, 1.54) is 7.11 Å². The van der Waals surface area contributed by atoms with Gasteiger partial charge in [-0.3, -0.25) is 14.4 Å². The van der Waals surface area contributed by atoms with Crippen LogP contribution in [0.25, 0.3) is 0 Å². The summed E-state index contributed by atoms with van der Waals surface area (Å²) in [5, 5.41) is 34.0. The minimum Gasteiger partial charge on any atom is -0.468 e. The van der Waals surface area contributed by atoms with Crippen LogP contribution in [0.15, 0.2) is 23.3 Å². The fourth-order valence-corrected chi connectivity index (χ4v) is 7.63. The third-order valence-electron chi connectivity index (χ3n) is 9.84. The molecule has 5 aliphatic carbocycles. The molecule has 0 heterocycles. The molecule has 186 valence electrons. The van der Waals surface area contributed by atoms with Gasteiger partial charge in [0.1, 0.15) is 6.10 Å². The van der Waals surface area contributed by atoms with Crippen LogP contribution in [-0.2, 0) is 23.9 Å². The van der Waals surface area contributed by atoms with Gasteiger partial charge in [0, 0.05) is 5.92 Å². The van der Waals surface area contributed by atoms with Crippen molar-refractivity contribution in [1.82, 2.24) is 0 Å². The predicted molar refractivity (Wildman–Crippen MR) is 119 cm³/mol. The lowest BCUT2D eigenvalue weighted by Gasteiger charge is -2.49. The number of allylic oxidation sites excluding steroid dienone is 1. The summed E-state index contributed by atoms with van der Waals surface area (Å²) in [5.74, 6) is -2.35. The van der Waals surface area contributed by atoms with Gasteiger partial charge in [-0.2, -0.15) is 0 Å². The molecule has 0 aromatic carbocycles. The molecule has 0 amide bonds. The Bertz CT molecular complexity index is 1040. The van der Waals surface area contributed by atoms with Crippen LogP contribution in [0.1, 0.15) is 47.0 Å². The van der Waals surface area contributed by atoms with Crippen molar-refractivity contribution in [2.24, 2.45) is 39.9 Å². The second-order valence-corrected chi connectivity index (χ2v) is 11.7. The monoisotopic (exact) mass is 474 g/mol.